The number of carbonyl (C=O) groups excluding carboxylic acids is 1. The zero-order valence-corrected chi connectivity index (χ0v) is 14.3. The maximum Gasteiger partial charge on any atom is 0.226 e. The van der Waals surface area contributed by atoms with Gasteiger partial charge in [0.1, 0.15) is 0 Å². The van der Waals surface area contributed by atoms with Gasteiger partial charge in [-0.3, -0.25) is 4.79 Å². The predicted molar refractivity (Wildman–Crippen MR) is 93.5 cm³/mol. The molecule has 1 amide bonds. The lowest BCUT2D eigenvalue weighted by Gasteiger charge is -2.17. The number of benzene rings is 1. The molecule has 21 heavy (non-hydrogen) atoms. The monoisotopic (exact) mass is 306 g/mol. The molecular weight excluding hydrogens is 280 g/mol. The maximum atomic E-state index is 11.8. The van der Waals surface area contributed by atoms with Gasteiger partial charge < -0.3 is 10.6 Å². The first-order chi connectivity index (χ1) is 9.80. The standard InChI is InChI=1S/C17H26N2OS/c1-5-6-7-13-8-10-14(11-9-13)18-16(21)19-15(20)12-17(2,3)4/h8-11H,5-7,12H2,1-4H3,(H2,18,19,20,21). The smallest absolute Gasteiger partial charge is 0.226 e. The Morgan fingerprint density at radius 1 is 1.19 bits per heavy atom. The Labute approximate surface area is 133 Å². The minimum Gasteiger partial charge on any atom is -0.332 e. The van der Waals surface area contributed by atoms with E-state index < -0.39 is 0 Å². The van der Waals surface area contributed by atoms with Crippen LogP contribution in [0.15, 0.2) is 24.3 Å². The lowest BCUT2D eigenvalue weighted by molar-refractivity contribution is -0.121. The molecule has 1 aromatic carbocycles. The minimum absolute atomic E-state index is 0.0410. The van der Waals surface area contributed by atoms with E-state index >= 15 is 0 Å². The fraction of sp³-hybridized carbons (Fsp3) is 0.529. The molecule has 0 spiro atoms. The van der Waals surface area contributed by atoms with Crippen LogP contribution < -0.4 is 10.6 Å². The summed E-state index contributed by atoms with van der Waals surface area (Å²) in [5, 5.41) is 6.11. The van der Waals surface area contributed by atoms with E-state index in [0.29, 0.717) is 11.5 Å². The molecule has 0 bridgehead atoms. The van der Waals surface area contributed by atoms with Crippen LogP contribution in [0.1, 0.15) is 52.5 Å². The van der Waals surface area contributed by atoms with Crippen molar-refractivity contribution in [2.75, 3.05) is 5.32 Å². The van der Waals surface area contributed by atoms with Gasteiger partial charge in [0.2, 0.25) is 5.91 Å². The van der Waals surface area contributed by atoms with Gasteiger partial charge in [0, 0.05) is 12.1 Å². The van der Waals surface area contributed by atoms with Crippen molar-refractivity contribution >= 4 is 28.9 Å². The van der Waals surface area contributed by atoms with Crippen LogP contribution in [-0.4, -0.2) is 11.0 Å². The van der Waals surface area contributed by atoms with Gasteiger partial charge in [-0.2, -0.15) is 0 Å². The van der Waals surface area contributed by atoms with Crippen molar-refractivity contribution in [1.29, 1.82) is 0 Å². The number of rotatable bonds is 5. The topological polar surface area (TPSA) is 41.1 Å². The zero-order valence-electron chi connectivity index (χ0n) is 13.5. The third-order valence-corrected chi connectivity index (χ3v) is 3.18. The highest BCUT2D eigenvalue weighted by molar-refractivity contribution is 7.80. The fourth-order valence-electron chi connectivity index (χ4n) is 1.95. The van der Waals surface area contributed by atoms with E-state index in [1.54, 1.807) is 0 Å². The summed E-state index contributed by atoms with van der Waals surface area (Å²) < 4.78 is 0. The summed E-state index contributed by atoms with van der Waals surface area (Å²) >= 11 is 5.16. The summed E-state index contributed by atoms with van der Waals surface area (Å²) in [5.41, 5.74) is 2.18. The van der Waals surface area contributed by atoms with Gasteiger partial charge in [-0.25, -0.2) is 0 Å². The molecule has 0 saturated heterocycles. The van der Waals surface area contributed by atoms with Crippen molar-refractivity contribution in [2.24, 2.45) is 5.41 Å². The van der Waals surface area contributed by atoms with Crippen molar-refractivity contribution < 1.29 is 4.79 Å². The SMILES string of the molecule is CCCCc1ccc(NC(=S)NC(=O)CC(C)(C)C)cc1. The van der Waals surface area contributed by atoms with Gasteiger partial charge >= 0.3 is 0 Å². The zero-order chi connectivity index (χ0) is 15.9. The van der Waals surface area contributed by atoms with E-state index in [4.69, 9.17) is 12.2 Å². The lowest BCUT2D eigenvalue weighted by atomic mass is 9.92. The highest BCUT2D eigenvalue weighted by Crippen LogP contribution is 2.18. The van der Waals surface area contributed by atoms with Crippen molar-refractivity contribution in [3.05, 3.63) is 29.8 Å². The molecule has 0 fully saturated rings. The van der Waals surface area contributed by atoms with E-state index in [1.165, 1.54) is 18.4 Å². The number of hydrogen-bond donors (Lipinski definition) is 2. The molecule has 0 aliphatic rings. The van der Waals surface area contributed by atoms with Crippen molar-refractivity contribution in [3.8, 4) is 0 Å². The Bertz CT molecular complexity index is 475. The van der Waals surface area contributed by atoms with Crippen molar-refractivity contribution in [1.82, 2.24) is 5.32 Å². The Balaban J connectivity index is 2.46. The number of thiocarbonyl (C=S) groups is 1. The highest BCUT2D eigenvalue weighted by Gasteiger charge is 2.16. The molecule has 0 atom stereocenters. The predicted octanol–water partition coefficient (Wildman–Crippen LogP) is 4.28. The molecule has 4 heteroatoms. The molecular formula is C17H26N2OS. The van der Waals surface area contributed by atoms with Crippen LogP contribution >= 0.6 is 12.2 Å². The van der Waals surface area contributed by atoms with Crippen LogP contribution in [0, 0.1) is 5.41 Å². The third-order valence-electron chi connectivity index (χ3n) is 2.97. The first-order valence-electron chi connectivity index (χ1n) is 7.50. The van der Waals surface area contributed by atoms with Crippen LogP contribution in [0.5, 0.6) is 0 Å². The van der Waals surface area contributed by atoms with Crippen LogP contribution in [0.2, 0.25) is 0 Å². The second kappa shape index (κ2) is 8.13. The molecule has 3 nitrogen and oxygen atoms in total. The summed E-state index contributed by atoms with van der Waals surface area (Å²) in [7, 11) is 0. The van der Waals surface area contributed by atoms with E-state index in [-0.39, 0.29) is 11.3 Å². The second-order valence-corrected chi connectivity index (χ2v) is 6.95. The van der Waals surface area contributed by atoms with Gasteiger partial charge in [0.05, 0.1) is 0 Å². The highest BCUT2D eigenvalue weighted by atomic mass is 32.1. The van der Waals surface area contributed by atoms with Gasteiger partial charge in [-0.05, 0) is 48.2 Å². The largest absolute Gasteiger partial charge is 0.332 e. The van der Waals surface area contributed by atoms with Gasteiger partial charge in [0.15, 0.2) is 5.11 Å². The van der Waals surface area contributed by atoms with Crippen LogP contribution in [0.3, 0.4) is 0 Å². The average molecular weight is 306 g/mol. The number of aryl methyl sites for hydroxylation is 1. The number of anilines is 1. The molecule has 0 saturated carbocycles. The van der Waals surface area contributed by atoms with Crippen molar-refractivity contribution in [3.63, 3.8) is 0 Å². The molecule has 116 valence electrons. The summed E-state index contributed by atoms with van der Waals surface area (Å²) in [4.78, 5) is 11.8. The maximum absolute atomic E-state index is 11.8. The van der Waals surface area contributed by atoms with E-state index in [0.717, 1.165) is 12.1 Å². The molecule has 0 aliphatic heterocycles. The first kappa shape index (κ1) is 17.6. The molecule has 0 radical (unpaired) electrons. The number of hydrogen-bond acceptors (Lipinski definition) is 2. The van der Waals surface area contributed by atoms with E-state index in [9.17, 15) is 4.79 Å². The molecule has 0 aliphatic carbocycles. The molecule has 2 N–H and O–H groups in total. The number of unbranched alkanes of at least 4 members (excludes halogenated alkanes) is 1. The van der Waals surface area contributed by atoms with E-state index in [1.807, 2.05) is 32.9 Å². The van der Waals surface area contributed by atoms with Crippen LogP contribution in [0.25, 0.3) is 0 Å². The van der Waals surface area contributed by atoms with Crippen LogP contribution in [-0.2, 0) is 11.2 Å². The molecule has 1 rings (SSSR count). The number of nitrogens with one attached hydrogen (secondary N) is 2. The number of carbonyl (C=O) groups is 1. The lowest BCUT2D eigenvalue weighted by Crippen LogP contribution is -2.36. The third kappa shape index (κ3) is 7.81. The van der Waals surface area contributed by atoms with Crippen LogP contribution in [0.4, 0.5) is 5.69 Å². The Morgan fingerprint density at radius 2 is 1.81 bits per heavy atom. The summed E-state index contributed by atoms with van der Waals surface area (Å²) in [5.74, 6) is -0.0560. The quantitative estimate of drug-likeness (QED) is 0.798. The average Bonchev–Trinajstić information content (AvgIpc) is 2.35. The minimum atomic E-state index is -0.0560. The molecule has 0 heterocycles. The van der Waals surface area contributed by atoms with E-state index in [2.05, 4.69) is 29.7 Å². The second-order valence-electron chi connectivity index (χ2n) is 6.54. The molecule has 0 unspecified atom stereocenters. The number of amides is 1. The fourth-order valence-corrected chi connectivity index (χ4v) is 2.18. The summed E-state index contributed by atoms with van der Waals surface area (Å²) in [6, 6.07) is 8.18. The normalized spacial score (nSPS) is 11.0. The van der Waals surface area contributed by atoms with Gasteiger partial charge in [-0.15, -0.1) is 0 Å². The molecule has 1 aromatic rings. The first-order valence-corrected chi connectivity index (χ1v) is 7.91. The van der Waals surface area contributed by atoms with Crippen molar-refractivity contribution in [2.45, 2.75) is 53.4 Å². The Morgan fingerprint density at radius 3 is 2.33 bits per heavy atom. The Hall–Kier alpha value is -1.42. The summed E-state index contributed by atoms with van der Waals surface area (Å²) in [6.45, 7) is 8.27. The van der Waals surface area contributed by atoms with Gasteiger partial charge in [0.25, 0.3) is 0 Å². The molecule has 0 aromatic heterocycles. The summed E-state index contributed by atoms with van der Waals surface area (Å²) in [6.07, 6.45) is 3.95. The Kier molecular flexibility index (Phi) is 6.82. The van der Waals surface area contributed by atoms with Gasteiger partial charge in [-0.1, -0.05) is 46.2 Å².